The van der Waals surface area contributed by atoms with Gasteiger partial charge in [-0.15, -0.1) is 0 Å². The minimum atomic E-state index is -2.34. The lowest BCUT2D eigenvalue weighted by molar-refractivity contribution is -0.239. The molecule has 6 nitrogen and oxygen atoms in total. The second-order valence-electron chi connectivity index (χ2n) is 19.5. The zero-order chi connectivity index (χ0) is 34.0. The fourth-order valence-electron chi connectivity index (χ4n) is 14.4. The maximum absolute atomic E-state index is 11.1. The van der Waals surface area contributed by atoms with E-state index >= 15 is 0 Å². The van der Waals surface area contributed by atoms with E-state index in [1.807, 2.05) is 0 Å². The second-order valence-corrected chi connectivity index (χ2v) is 21.9. The van der Waals surface area contributed by atoms with E-state index in [4.69, 9.17) is 5.11 Å². The summed E-state index contributed by atoms with van der Waals surface area (Å²) in [5, 5.41) is 13.5. The van der Waals surface area contributed by atoms with Gasteiger partial charge in [0.1, 0.15) is 0 Å². The molecule has 1 heterocycles. The highest BCUT2D eigenvalue weighted by Gasteiger charge is 2.70. The molecule has 5 aliphatic carbocycles. The Hall–Kier alpha value is -0.340. The number of rotatable bonds is 10. The van der Waals surface area contributed by atoms with Crippen LogP contribution in [0.3, 0.4) is 0 Å². The smallest absolute Gasteiger partial charge is 0.303 e. The summed E-state index contributed by atoms with van der Waals surface area (Å²) >= 11 is 0. The van der Waals surface area contributed by atoms with Gasteiger partial charge in [0.2, 0.25) is 0 Å². The van der Waals surface area contributed by atoms with Gasteiger partial charge in [0.05, 0.1) is 11.5 Å². The molecule has 0 amide bonds. The predicted octanol–water partition coefficient (Wildman–Crippen LogP) is 9.39. The molecule has 0 aromatic heterocycles. The first kappa shape index (κ1) is 36.5. The molecule has 10 atom stereocenters. The molecule has 4 N–H and O–H groups in total. The van der Waals surface area contributed by atoms with Gasteiger partial charge in [0, 0.05) is 38.1 Å². The highest BCUT2D eigenvalue weighted by molar-refractivity contribution is 8.24. The second kappa shape index (κ2) is 13.0. The molecular formula is C40H72N2O4S. The van der Waals surface area contributed by atoms with Crippen molar-refractivity contribution < 1.29 is 19.0 Å². The first-order valence-corrected chi connectivity index (χ1v) is 21.8. The minimum Gasteiger partial charge on any atom is -0.481 e. The van der Waals surface area contributed by atoms with Crippen LogP contribution in [0.5, 0.6) is 0 Å². The summed E-state index contributed by atoms with van der Waals surface area (Å²) in [6.45, 7) is 22.1. The Bertz CT molecular complexity index is 1140. The average molecular weight is 677 g/mol. The van der Waals surface area contributed by atoms with Crippen molar-refractivity contribution in [3.8, 4) is 0 Å². The van der Waals surface area contributed by atoms with Crippen molar-refractivity contribution in [2.75, 3.05) is 37.7 Å². The van der Waals surface area contributed by atoms with Crippen molar-refractivity contribution >= 4 is 16.6 Å². The molecule has 6 rings (SSSR count). The molecule has 0 radical (unpaired) electrons. The summed E-state index contributed by atoms with van der Waals surface area (Å²) in [4.78, 5) is 13.6. The Labute approximate surface area is 289 Å². The van der Waals surface area contributed by atoms with Crippen LogP contribution >= 0.6 is 10.6 Å². The van der Waals surface area contributed by atoms with E-state index < -0.39 is 16.6 Å². The van der Waals surface area contributed by atoms with Crippen LogP contribution < -0.4 is 5.32 Å². The molecule has 0 spiro atoms. The van der Waals surface area contributed by atoms with Gasteiger partial charge in [-0.2, -0.15) is 10.6 Å². The van der Waals surface area contributed by atoms with Crippen LogP contribution in [0.25, 0.3) is 0 Å². The lowest BCUT2D eigenvalue weighted by Crippen LogP contribution is -2.68. The first-order chi connectivity index (χ1) is 22.0. The van der Waals surface area contributed by atoms with Gasteiger partial charge in [0.25, 0.3) is 0 Å². The monoisotopic (exact) mass is 677 g/mol. The maximum atomic E-state index is 11.1. The van der Waals surface area contributed by atoms with Gasteiger partial charge in [0.15, 0.2) is 0 Å². The van der Waals surface area contributed by atoms with Gasteiger partial charge < -0.3 is 10.4 Å². The lowest BCUT2D eigenvalue weighted by atomic mass is 9.32. The van der Waals surface area contributed by atoms with Gasteiger partial charge in [-0.25, -0.2) is 0 Å². The van der Waals surface area contributed by atoms with Gasteiger partial charge in [-0.3, -0.25) is 18.8 Å². The number of hydrogen-bond acceptors (Lipinski definition) is 5. The van der Waals surface area contributed by atoms with Gasteiger partial charge in [-0.1, -0.05) is 54.9 Å². The third-order valence-corrected chi connectivity index (χ3v) is 18.8. The topological polar surface area (TPSA) is 93.0 Å². The number of carbonyl (C=O) groups is 1. The summed E-state index contributed by atoms with van der Waals surface area (Å²) in [6, 6.07) is 0. The number of nitrogens with zero attached hydrogens (tertiary/aromatic N) is 1. The van der Waals surface area contributed by atoms with Crippen molar-refractivity contribution in [2.45, 2.75) is 144 Å². The molecule has 7 heteroatoms. The minimum absolute atomic E-state index is 0.267. The molecule has 47 heavy (non-hydrogen) atoms. The van der Waals surface area contributed by atoms with Crippen molar-refractivity contribution in [3.05, 3.63) is 0 Å². The summed E-state index contributed by atoms with van der Waals surface area (Å²) in [5.74, 6) is 5.81. The Morgan fingerprint density at radius 1 is 0.851 bits per heavy atom. The van der Waals surface area contributed by atoms with Crippen LogP contribution in [0, 0.1) is 63.1 Å². The lowest BCUT2D eigenvalue weighted by Gasteiger charge is -2.73. The summed E-state index contributed by atoms with van der Waals surface area (Å²) in [6.07, 6.45) is 17.0. The van der Waals surface area contributed by atoms with E-state index in [1.165, 1.54) is 70.6 Å². The van der Waals surface area contributed by atoms with E-state index in [-0.39, 0.29) is 5.54 Å². The number of carboxylic acids is 1. The van der Waals surface area contributed by atoms with Gasteiger partial charge in [-0.05, 0) is 140 Å². The standard InChI is InChI=1S/C40H72N2O4S/c1-28(2)30-15-19-40(41-22-23-42-24-26-47(45,46)27-25-42)21-20-38(6)31(35(30)40)12-13-33-37(5)17-14-29(10-8-9-11-34(43)44)36(3,4)32(37)16-18-39(33,38)7/h28-33,35,41,45-46H,8-27H2,1-7H3,(H,43,44)/t29?,30-,31+,32-,33+,35+,37-,38+,39+,40-/m0/s1. The number of hydrogen-bond donors (Lipinski definition) is 4. The summed E-state index contributed by atoms with van der Waals surface area (Å²) in [5.41, 5.74) is 1.76. The first-order valence-electron chi connectivity index (χ1n) is 19.9. The predicted molar refractivity (Wildman–Crippen MR) is 196 cm³/mol. The van der Waals surface area contributed by atoms with Crippen molar-refractivity contribution in [2.24, 2.45) is 63.1 Å². The van der Waals surface area contributed by atoms with E-state index in [1.54, 1.807) is 0 Å². The highest BCUT2D eigenvalue weighted by Crippen LogP contribution is 2.77. The zero-order valence-corrected chi connectivity index (χ0v) is 32.1. The summed E-state index contributed by atoms with van der Waals surface area (Å²) < 4.78 is 20.2. The molecule has 6 fully saturated rings. The third kappa shape index (κ3) is 6.18. The van der Waals surface area contributed by atoms with Crippen LogP contribution in [0.2, 0.25) is 0 Å². The van der Waals surface area contributed by atoms with E-state index in [0.29, 0.717) is 39.6 Å². The zero-order valence-electron chi connectivity index (χ0n) is 31.3. The van der Waals surface area contributed by atoms with Crippen LogP contribution in [0.1, 0.15) is 138 Å². The average Bonchev–Trinajstić information content (AvgIpc) is 3.37. The highest BCUT2D eigenvalue weighted by atomic mass is 32.3. The van der Waals surface area contributed by atoms with E-state index in [0.717, 1.165) is 80.4 Å². The number of fused-ring (bicyclic) bond motifs is 7. The molecule has 0 aromatic rings. The fourth-order valence-corrected chi connectivity index (χ4v) is 15.7. The largest absolute Gasteiger partial charge is 0.481 e. The molecule has 272 valence electrons. The molecule has 6 aliphatic rings. The van der Waals surface area contributed by atoms with Crippen LogP contribution in [0.15, 0.2) is 0 Å². The molecule has 0 bridgehead atoms. The maximum Gasteiger partial charge on any atom is 0.303 e. The molecule has 0 aromatic carbocycles. The Balaban J connectivity index is 1.19. The molecule has 5 saturated carbocycles. The Morgan fingerprint density at radius 2 is 1.57 bits per heavy atom. The normalized spacial score (nSPS) is 46.6. The quantitative estimate of drug-likeness (QED) is 0.172. The molecule has 1 saturated heterocycles. The molecular weight excluding hydrogens is 605 g/mol. The fraction of sp³-hybridized carbons (Fsp3) is 0.975. The van der Waals surface area contributed by atoms with Gasteiger partial charge >= 0.3 is 5.97 Å². The number of unbranched alkanes of at least 4 members (excludes halogenated alkanes) is 1. The molecule has 1 unspecified atom stereocenters. The molecule has 1 aliphatic heterocycles. The Kier molecular flexibility index (Phi) is 10.1. The van der Waals surface area contributed by atoms with Crippen LogP contribution in [-0.4, -0.2) is 68.3 Å². The Morgan fingerprint density at radius 3 is 2.26 bits per heavy atom. The van der Waals surface area contributed by atoms with Crippen LogP contribution in [0.4, 0.5) is 0 Å². The van der Waals surface area contributed by atoms with E-state index in [2.05, 4.69) is 58.7 Å². The third-order valence-electron chi connectivity index (χ3n) is 17.2. The van der Waals surface area contributed by atoms with Crippen LogP contribution in [-0.2, 0) is 4.79 Å². The summed E-state index contributed by atoms with van der Waals surface area (Å²) in [7, 11) is -2.34. The van der Waals surface area contributed by atoms with Crippen molar-refractivity contribution in [1.29, 1.82) is 0 Å². The number of nitrogens with one attached hydrogen (secondary N) is 1. The number of aliphatic carboxylic acids is 1. The van der Waals surface area contributed by atoms with Crippen molar-refractivity contribution in [1.82, 2.24) is 10.2 Å². The van der Waals surface area contributed by atoms with E-state index in [9.17, 15) is 13.9 Å². The van der Waals surface area contributed by atoms with Crippen molar-refractivity contribution in [3.63, 3.8) is 0 Å². The number of carboxylic acid groups (broad SMARTS) is 1. The SMILES string of the molecule is CC(C)[C@@H]1CC[C@]2(NCCN3CCS(O)(O)CC3)CC[C@]3(C)[C@H](CC[C@@H]4[C@@]5(C)CCC(CCCCC(=O)O)C(C)(C)[C@@H]5CC[C@]43C)[C@@H]12.